The van der Waals surface area contributed by atoms with E-state index in [1.807, 2.05) is 47.4 Å². The molecule has 3 heterocycles. The van der Waals surface area contributed by atoms with E-state index in [2.05, 4.69) is 20.3 Å². The molecule has 2 aromatic heterocycles. The van der Waals surface area contributed by atoms with Crippen LogP contribution in [0, 0.1) is 0 Å². The number of fused-ring (bicyclic) bond motifs is 1. The van der Waals surface area contributed by atoms with Crippen LogP contribution in [0.25, 0.3) is 11.0 Å². The topological polar surface area (TPSA) is 91.0 Å². The maximum atomic E-state index is 13.1. The standard InChI is InChI=1S/C25H23N5O2/c31-22(17-8-3-1-4-9-17)20-15-26-23-21(20)24(28-16-27-23)29-19-11-7-10-18(14-19)25(32)30-12-5-2-6-13-30/h1,3-4,7-11,14-16H,2,5-6,12-13H2,(H2,26,27,28,29). The lowest BCUT2D eigenvalue weighted by Crippen LogP contribution is -2.35. The summed E-state index contributed by atoms with van der Waals surface area (Å²) in [4.78, 5) is 39.6. The molecule has 5 rings (SSSR count). The molecule has 0 saturated carbocycles. The van der Waals surface area contributed by atoms with E-state index in [0.29, 0.717) is 33.5 Å². The molecular weight excluding hydrogens is 402 g/mol. The molecular formula is C25H23N5O2. The molecule has 2 N–H and O–H groups in total. The highest BCUT2D eigenvalue weighted by atomic mass is 16.2. The first-order valence-electron chi connectivity index (χ1n) is 10.8. The Hall–Kier alpha value is -4.00. The SMILES string of the molecule is O=C(c1ccccc1)c1c[nH]c2ncnc(Nc3cccc(C(=O)N4CCCCC4)c3)c12. The Morgan fingerprint density at radius 1 is 0.906 bits per heavy atom. The van der Waals surface area contributed by atoms with Crippen molar-refractivity contribution in [3.63, 3.8) is 0 Å². The third kappa shape index (κ3) is 3.85. The van der Waals surface area contributed by atoms with Gasteiger partial charge in [-0.05, 0) is 37.5 Å². The van der Waals surface area contributed by atoms with E-state index < -0.39 is 0 Å². The second-order valence-electron chi connectivity index (χ2n) is 7.90. The molecule has 1 aliphatic heterocycles. The van der Waals surface area contributed by atoms with E-state index in [1.54, 1.807) is 18.3 Å². The van der Waals surface area contributed by atoms with Crippen molar-refractivity contribution in [1.29, 1.82) is 0 Å². The number of carbonyl (C=O) groups is 2. The molecule has 0 aliphatic carbocycles. The highest BCUT2D eigenvalue weighted by Gasteiger charge is 2.20. The van der Waals surface area contributed by atoms with Gasteiger partial charge in [-0.3, -0.25) is 9.59 Å². The van der Waals surface area contributed by atoms with Crippen LogP contribution >= 0.6 is 0 Å². The van der Waals surface area contributed by atoms with Gasteiger partial charge >= 0.3 is 0 Å². The molecule has 7 heteroatoms. The molecule has 4 aromatic rings. The van der Waals surface area contributed by atoms with Crippen molar-refractivity contribution in [1.82, 2.24) is 19.9 Å². The van der Waals surface area contributed by atoms with Gasteiger partial charge in [0.15, 0.2) is 5.78 Å². The number of piperidine rings is 1. The highest BCUT2D eigenvalue weighted by Crippen LogP contribution is 2.28. The number of aromatic amines is 1. The van der Waals surface area contributed by atoms with Gasteiger partial charge in [0.25, 0.3) is 5.91 Å². The molecule has 7 nitrogen and oxygen atoms in total. The number of rotatable bonds is 5. The van der Waals surface area contributed by atoms with Gasteiger partial charge in [0.2, 0.25) is 0 Å². The minimum absolute atomic E-state index is 0.0442. The summed E-state index contributed by atoms with van der Waals surface area (Å²) in [7, 11) is 0. The summed E-state index contributed by atoms with van der Waals surface area (Å²) in [5.41, 5.74) is 3.03. The highest BCUT2D eigenvalue weighted by molar-refractivity contribution is 6.18. The summed E-state index contributed by atoms with van der Waals surface area (Å²) in [6.45, 7) is 1.61. The number of likely N-dealkylation sites (tertiary alicyclic amines) is 1. The number of hydrogen-bond donors (Lipinski definition) is 2. The van der Waals surface area contributed by atoms with Gasteiger partial charge in [0.1, 0.15) is 17.8 Å². The maximum Gasteiger partial charge on any atom is 0.253 e. The largest absolute Gasteiger partial charge is 0.345 e. The quantitative estimate of drug-likeness (QED) is 0.458. The van der Waals surface area contributed by atoms with Gasteiger partial charge in [-0.25, -0.2) is 9.97 Å². The molecule has 1 aliphatic rings. The molecule has 1 saturated heterocycles. The van der Waals surface area contributed by atoms with E-state index in [0.717, 1.165) is 31.6 Å². The Kier molecular flexibility index (Phi) is 5.37. The van der Waals surface area contributed by atoms with Crippen LogP contribution in [0.5, 0.6) is 0 Å². The second kappa shape index (κ2) is 8.63. The lowest BCUT2D eigenvalue weighted by molar-refractivity contribution is 0.0724. The van der Waals surface area contributed by atoms with E-state index >= 15 is 0 Å². The van der Waals surface area contributed by atoms with E-state index in [9.17, 15) is 9.59 Å². The van der Waals surface area contributed by atoms with Crippen LogP contribution in [0.1, 0.15) is 45.5 Å². The predicted octanol–water partition coefficient (Wildman–Crippen LogP) is 4.56. The molecule has 0 unspecified atom stereocenters. The molecule has 0 bridgehead atoms. The maximum absolute atomic E-state index is 13.1. The Bertz CT molecular complexity index is 1280. The summed E-state index contributed by atoms with van der Waals surface area (Å²) >= 11 is 0. The molecule has 2 aromatic carbocycles. The van der Waals surface area contributed by atoms with Crippen LogP contribution < -0.4 is 5.32 Å². The normalized spacial score (nSPS) is 13.8. The number of anilines is 2. The van der Waals surface area contributed by atoms with Crippen molar-refractivity contribution in [2.45, 2.75) is 19.3 Å². The Morgan fingerprint density at radius 2 is 1.69 bits per heavy atom. The zero-order valence-electron chi connectivity index (χ0n) is 17.5. The van der Waals surface area contributed by atoms with Gasteiger partial charge in [0, 0.05) is 36.1 Å². The summed E-state index contributed by atoms with van der Waals surface area (Å²) in [6, 6.07) is 16.5. The zero-order valence-corrected chi connectivity index (χ0v) is 17.5. The number of hydrogen-bond acceptors (Lipinski definition) is 5. The fraction of sp³-hybridized carbons (Fsp3) is 0.200. The number of ketones is 1. The number of H-pyrrole nitrogens is 1. The van der Waals surface area contributed by atoms with Crippen molar-refractivity contribution in [3.05, 3.63) is 83.8 Å². The molecule has 1 fully saturated rings. The molecule has 32 heavy (non-hydrogen) atoms. The summed E-state index contributed by atoms with van der Waals surface area (Å²) in [6.07, 6.45) is 6.38. The first kappa shape index (κ1) is 19.9. The van der Waals surface area contributed by atoms with Gasteiger partial charge in [-0.1, -0.05) is 36.4 Å². The predicted molar refractivity (Wildman–Crippen MR) is 123 cm³/mol. The Labute approximate surface area is 185 Å². The number of nitrogens with one attached hydrogen (secondary N) is 2. The molecule has 160 valence electrons. The molecule has 0 spiro atoms. The monoisotopic (exact) mass is 425 g/mol. The second-order valence-corrected chi connectivity index (χ2v) is 7.90. The minimum atomic E-state index is -0.108. The number of amides is 1. The van der Waals surface area contributed by atoms with Crippen LogP contribution in [0.3, 0.4) is 0 Å². The summed E-state index contributed by atoms with van der Waals surface area (Å²) < 4.78 is 0. The van der Waals surface area contributed by atoms with Gasteiger partial charge < -0.3 is 15.2 Å². The van der Waals surface area contributed by atoms with Crippen molar-refractivity contribution in [2.24, 2.45) is 0 Å². The van der Waals surface area contributed by atoms with E-state index in [1.165, 1.54) is 12.7 Å². The Morgan fingerprint density at radius 3 is 2.50 bits per heavy atom. The van der Waals surface area contributed by atoms with Crippen LogP contribution in [-0.4, -0.2) is 44.6 Å². The fourth-order valence-corrected chi connectivity index (χ4v) is 4.13. The molecule has 0 radical (unpaired) electrons. The number of benzene rings is 2. The number of carbonyl (C=O) groups excluding carboxylic acids is 2. The van der Waals surface area contributed by atoms with Crippen molar-refractivity contribution < 1.29 is 9.59 Å². The van der Waals surface area contributed by atoms with Crippen molar-refractivity contribution in [2.75, 3.05) is 18.4 Å². The van der Waals surface area contributed by atoms with Crippen LogP contribution in [0.4, 0.5) is 11.5 Å². The lowest BCUT2D eigenvalue weighted by atomic mass is 10.0. The first-order valence-corrected chi connectivity index (χ1v) is 10.8. The number of aromatic nitrogens is 3. The van der Waals surface area contributed by atoms with Crippen molar-refractivity contribution >= 4 is 34.2 Å². The van der Waals surface area contributed by atoms with Crippen LogP contribution in [0.2, 0.25) is 0 Å². The van der Waals surface area contributed by atoms with E-state index in [-0.39, 0.29) is 11.7 Å². The molecule has 1 amide bonds. The van der Waals surface area contributed by atoms with Gasteiger partial charge in [-0.2, -0.15) is 0 Å². The average molecular weight is 425 g/mol. The van der Waals surface area contributed by atoms with Crippen LogP contribution in [-0.2, 0) is 0 Å². The Balaban J connectivity index is 1.47. The van der Waals surface area contributed by atoms with Crippen molar-refractivity contribution in [3.8, 4) is 0 Å². The number of nitrogens with zero attached hydrogens (tertiary/aromatic N) is 3. The van der Waals surface area contributed by atoms with Gasteiger partial charge in [-0.15, -0.1) is 0 Å². The first-order chi connectivity index (χ1) is 15.7. The molecule has 0 atom stereocenters. The smallest absolute Gasteiger partial charge is 0.253 e. The summed E-state index contributed by atoms with van der Waals surface area (Å²) in [5.74, 6) is 0.449. The lowest BCUT2D eigenvalue weighted by Gasteiger charge is -2.26. The average Bonchev–Trinajstić information content (AvgIpc) is 3.30. The zero-order chi connectivity index (χ0) is 21.9. The minimum Gasteiger partial charge on any atom is -0.345 e. The third-order valence-corrected chi connectivity index (χ3v) is 5.77. The van der Waals surface area contributed by atoms with Crippen LogP contribution in [0.15, 0.2) is 67.1 Å². The third-order valence-electron chi connectivity index (χ3n) is 5.77. The fourth-order valence-electron chi connectivity index (χ4n) is 4.13. The van der Waals surface area contributed by atoms with E-state index in [4.69, 9.17) is 0 Å². The summed E-state index contributed by atoms with van der Waals surface area (Å²) in [5, 5.41) is 3.90. The van der Waals surface area contributed by atoms with Gasteiger partial charge in [0.05, 0.1) is 10.9 Å².